The molecule has 0 aliphatic carbocycles. The summed E-state index contributed by atoms with van der Waals surface area (Å²) in [4.78, 5) is 0.991. The molecule has 1 aliphatic heterocycles. The van der Waals surface area contributed by atoms with Gasteiger partial charge in [0.25, 0.3) is 0 Å². The van der Waals surface area contributed by atoms with E-state index in [1.54, 1.807) is 0 Å². The average Bonchev–Trinajstić information content (AvgIpc) is 2.74. The molecule has 0 spiro atoms. The molecule has 0 bridgehead atoms. The summed E-state index contributed by atoms with van der Waals surface area (Å²) in [6.45, 7) is 2.21. The van der Waals surface area contributed by atoms with Crippen molar-refractivity contribution in [3.8, 4) is 0 Å². The minimum absolute atomic E-state index is 0.303. The van der Waals surface area contributed by atoms with Gasteiger partial charge in [-0.05, 0) is 24.5 Å². The first kappa shape index (κ1) is 11.0. The van der Waals surface area contributed by atoms with E-state index < -0.39 is 0 Å². The Balaban J connectivity index is 1.75. The van der Waals surface area contributed by atoms with E-state index in [0.29, 0.717) is 19.3 Å². The molecule has 2 rings (SSSR count). The summed E-state index contributed by atoms with van der Waals surface area (Å²) >= 11 is 4.37. The Labute approximate surface area is 96.0 Å². The maximum atomic E-state index is 5.61. The van der Waals surface area contributed by atoms with E-state index in [-0.39, 0.29) is 0 Å². The molecule has 1 heterocycles. The zero-order chi connectivity index (χ0) is 10.5. The van der Waals surface area contributed by atoms with Gasteiger partial charge in [0, 0.05) is 11.5 Å². The van der Waals surface area contributed by atoms with Crippen LogP contribution in [0.15, 0.2) is 29.2 Å². The number of ether oxygens (including phenoxy) is 2. The predicted molar refractivity (Wildman–Crippen MR) is 62.3 cm³/mol. The summed E-state index contributed by atoms with van der Waals surface area (Å²) in [6, 6.07) is 8.00. The maximum absolute atomic E-state index is 5.61. The molecule has 0 amide bonds. The highest BCUT2D eigenvalue weighted by Gasteiger charge is 2.15. The second-order valence-corrected chi connectivity index (χ2v) is 4.26. The summed E-state index contributed by atoms with van der Waals surface area (Å²) in [5, 5.41) is 0. The third-order valence-corrected chi connectivity index (χ3v) is 3.01. The topological polar surface area (TPSA) is 18.5 Å². The molecule has 0 unspecified atom stereocenters. The third kappa shape index (κ3) is 3.23. The Hall–Kier alpha value is -0.510. The first-order valence-corrected chi connectivity index (χ1v) is 5.77. The first-order valence-electron chi connectivity index (χ1n) is 5.32. The van der Waals surface area contributed by atoms with E-state index >= 15 is 0 Å². The van der Waals surface area contributed by atoms with Gasteiger partial charge in [0.15, 0.2) is 0 Å². The van der Waals surface area contributed by atoms with Gasteiger partial charge in [-0.1, -0.05) is 18.2 Å². The average molecular weight is 224 g/mol. The van der Waals surface area contributed by atoms with Crippen LogP contribution < -0.4 is 0 Å². The maximum Gasteiger partial charge on any atom is 0.0809 e. The largest absolute Gasteiger partial charge is 0.376 e. The van der Waals surface area contributed by atoms with Crippen molar-refractivity contribution in [1.29, 1.82) is 0 Å². The lowest BCUT2D eigenvalue weighted by molar-refractivity contribution is 0.0100. The molecule has 15 heavy (non-hydrogen) atoms. The van der Waals surface area contributed by atoms with Crippen molar-refractivity contribution in [2.75, 3.05) is 13.2 Å². The molecule has 1 saturated heterocycles. The number of rotatable bonds is 4. The van der Waals surface area contributed by atoms with Crippen LogP contribution in [0.2, 0.25) is 0 Å². The lowest BCUT2D eigenvalue weighted by atomic mass is 10.2. The van der Waals surface area contributed by atoms with Crippen LogP contribution >= 0.6 is 12.6 Å². The van der Waals surface area contributed by atoms with E-state index in [1.807, 2.05) is 24.3 Å². The summed E-state index contributed by atoms with van der Waals surface area (Å²) in [5.41, 5.74) is 1.14. The standard InChI is InChI=1S/C12H16O2S/c15-12-6-2-1-4-10(12)8-13-9-11-5-3-7-14-11/h1-2,4,6,11,15H,3,5,7-9H2/t11-/m1/s1. The molecule has 1 fully saturated rings. The Morgan fingerprint density at radius 1 is 1.40 bits per heavy atom. The van der Waals surface area contributed by atoms with E-state index in [1.165, 1.54) is 0 Å². The molecule has 1 atom stereocenters. The highest BCUT2D eigenvalue weighted by Crippen LogP contribution is 2.16. The Morgan fingerprint density at radius 2 is 2.27 bits per heavy atom. The Kier molecular flexibility index (Phi) is 4.06. The minimum atomic E-state index is 0.303. The minimum Gasteiger partial charge on any atom is -0.376 e. The van der Waals surface area contributed by atoms with Crippen LogP contribution in [-0.4, -0.2) is 19.3 Å². The summed E-state index contributed by atoms with van der Waals surface area (Å²) in [7, 11) is 0. The first-order chi connectivity index (χ1) is 7.36. The Morgan fingerprint density at radius 3 is 3.00 bits per heavy atom. The Bertz CT molecular complexity index is 308. The van der Waals surface area contributed by atoms with Crippen molar-refractivity contribution in [1.82, 2.24) is 0 Å². The van der Waals surface area contributed by atoms with E-state index in [2.05, 4.69) is 12.6 Å². The number of thiol groups is 1. The molecule has 1 aromatic carbocycles. The second kappa shape index (κ2) is 5.54. The second-order valence-electron chi connectivity index (χ2n) is 3.78. The normalized spacial score (nSPS) is 20.7. The highest BCUT2D eigenvalue weighted by molar-refractivity contribution is 7.80. The molecule has 82 valence electrons. The highest BCUT2D eigenvalue weighted by atomic mass is 32.1. The fourth-order valence-electron chi connectivity index (χ4n) is 1.71. The van der Waals surface area contributed by atoms with Crippen LogP contribution in [-0.2, 0) is 16.1 Å². The van der Waals surface area contributed by atoms with Gasteiger partial charge in [-0.3, -0.25) is 0 Å². The smallest absolute Gasteiger partial charge is 0.0809 e. The van der Waals surface area contributed by atoms with Crippen molar-refractivity contribution < 1.29 is 9.47 Å². The van der Waals surface area contributed by atoms with Gasteiger partial charge in [-0.2, -0.15) is 0 Å². The number of benzene rings is 1. The van der Waals surface area contributed by atoms with Crippen molar-refractivity contribution >= 4 is 12.6 Å². The molecule has 2 nitrogen and oxygen atoms in total. The summed E-state index contributed by atoms with van der Waals surface area (Å²) in [5.74, 6) is 0. The fraction of sp³-hybridized carbons (Fsp3) is 0.500. The zero-order valence-corrected chi connectivity index (χ0v) is 9.58. The van der Waals surface area contributed by atoms with Crippen LogP contribution in [0.3, 0.4) is 0 Å². The van der Waals surface area contributed by atoms with Crippen molar-refractivity contribution in [2.45, 2.75) is 30.4 Å². The zero-order valence-electron chi connectivity index (χ0n) is 8.69. The number of hydrogen-bond donors (Lipinski definition) is 1. The summed E-state index contributed by atoms with van der Waals surface area (Å²) in [6.07, 6.45) is 2.59. The van der Waals surface area contributed by atoms with Crippen molar-refractivity contribution in [3.63, 3.8) is 0 Å². The lowest BCUT2D eigenvalue weighted by Crippen LogP contribution is -2.13. The van der Waals surface area contributed by atoms with Crippen molar-refractivity contribution in [2.24, 2.45) is 0 Å². The molecule has 0 aromatic heterocycles. The monoisotopic (exact) mass is 224 g/mol. The van der Waals surface area contributed by atoms with E-state index in [4.69, 9.17) is 9.47 Å². The molecular weight excluding hydrogens is 208 g/mol. The molecule has 0 N–H and O–H groups in total. The third-order valence-electron chi connectivity index (χ3n) is 2.58. The van der Waals surface area contributed by atoms with Gasteiger partial charge in [-0.15, -0.1) is 12.6 Å². The van der Waals surface area contributed by atoms with Crippen LogP contribution in [0.4, 0.5) is 0 Å². The van der Waals surface area contributed by atoms with Gasteiger partial charge in [0.2, 0.25) is 0 Å². The van der Waals surface area contributed by atoms with E-state index in [9.17, 15) is 0 Å². The van der Waals surface area contributed by atoms with Gasteiger partial charge < -0.3 is 9.47 Å². The van der Waals surface area contributed by atoms with Gasteiger partial charge >= 0.3 is 0 Å². The van der Waals surface area contributed by atoms with Gasteiger partial charge in [0.05, 0.1) is 19.3 Å². The van der Waals surface area contributed by atoms with Crippen molar-refractivity contribution in [3.05, 3.63) is 29.8 Å². The van der Waals surface area contributed by atoms with Crippen LogP contribution in [0.25, 0.3) is 0 Å². The molecule has 0 radical (unpaired) electrons. The molecule has 0 saturated carbocycles. The summed E-state index contributed by atoms with van der Waals surface area (Å²) < 4.78 is 11.1. The predicted octanol–water partition coefficient (Wildman–Crippen LogP) is 2.67. The SMILES string of the molecule is Sc1ccccc1COC[C@H]1CCCO1. The number of hydrogen-bond acceptors (Lipinski definition) is 3. The van der Waals surface area contributed by atoms with Crippen LogP contribution in [0.1, 0.15) is 18.4 Å². The molecule has 1 aromatic rings. The van der Waals surface area contributed by atoms with Gasteiger partial charge in [-0.25, -0.2) is 0 Å². The molecular formula is C12H16O2S. The van der Waals surface area contributed by atoms with Gasteiger partial charge in [0.1, 0.15) is 0 Å². The quantitative estimate of drug-likeness (QED) is 0.793. The van der Waals surface area contributed by atoms with Crippen LogP contribution in [0.5, 0.6) is 0 Å². The fourth-order valence-corrected chi connectivity index (χ4v) is 1.93. The van der Waals surface area contributed by atoms with E-state index in [0.717, 1.165) is 29.9 Å². The van der Waals surface area contributed by atoms with Crippen LogP contribution in [0, 0.1) is 0 Å². The molecule has 3 heteroatoms. The molecule has 1 aliphatic rings. The lowest BCUT2D eigenvalue weighted by Gasteiger charge is -2.10.